The third kappa shape index (κ3) is 2.53. The molecule has 5 heteroatoms. The Balaban J connectivity index is 2.51. The molecular formula is C14H11ClO4. The van der Waals surface area contributed by atoms with Gasteiger partial charge < -0.3 is 9.15 Å². The third-order valence-electron chi connectivity index (χ3n) is 2.73. The van der Waals surface area contributed by atoms with Crippen molar-refractivity contribution in [1.82, 2.24) is 0 Å². The van der Waals surface area contributed by atoms with E-state index in [9.17, 15) is 9.59 Å². The van der Waals surface area contributed by atoms with Crippen LogP contribution in [0.1, 0.15) is 26.5 Å². The maximum atomic E-state index is 11.5. The van der Waals surface area contributed by atoms with E-state index in [0.717, 1.165) is 11.1 Å². The summed E-state index contributed by atoms with van der Waals surface area (Å²) in [6, 6.07) is 6.51. The topological polar surface area (TPSA) is 56.5 Å². The lowest BCUT2D eigenvalue weighted by molar-refractivity contribution is 0.0600. The number of ether oxygens (including phenoxy) is 1. The summed E-state index contributed by atoms with van der Waals surface area (Å²) >= 11 is 6.05. The van der Waals surface area contributed by atoms with Crippen molar-refractivity contribution in [3.8, 4) is 11.3 Å². The second-order valence-corrected chi connectivity index (χ2v) is 4.37. The van der Waals surface area contributed by atoms with Gasteiger partial charge in [-0.1, -0.05) is 11.6 Å². The molecule has 2 aromatic rings. The van der Waals surface area contributed by atoms with Gasteiger partial charge in [0.05, 0.1) is 17.7 Å². The number of furan rings is 1. The number of rotatable bonds is 3. The molecule has 2 rings (SSSR count). The Bertz CT molecular complexity index is 643. The first-order valence-electron chi connectivity index (χ1n) is 5.50. The number of hydrogen-bond donors (Lipinski definition) is 0. The molecule has 19 heavy (non-hydrogen) atoms. The summed E-state index contributed by atoms with van der Waals surface area (Å²) in [5.74, 6) is 0.271. The number of aldehydes is 1. The van der Waals surface area contributed by atoms with Crippen LogP contribution in [-0.2, 0) is 4.74 Å². The molecule has 0 atom stereocenters. The minimum atomic E-state index is -0.493. The van der Waals surface area contributed by atoms with Gasteiger partial charge in [-0.15, -0.1) is 0 Å². The largest absolute Gasteiger partial charge is 0.465 e. The van der Waals surface area contributed by atoms with Crippen LogP contribution in [0.4, 0.5) is 0 Å². The number of benzene rings is 1. The number of carbonyl (C=O) groups is 2. The van der Waals surface area contributed by atoms with Crippen LogP contribution in [0, 0.1) is 6.92 Å². The second-order valence-electron chi connectivity index (χ2n) is 3.96. The first-order chi connectivity index (χ1) is 9.06. The van der Waals surface area contributed by atoms with Crippen molar-refractivity contribution in [2.45, 2.75) is 6.92 Å². The molecule has 0 spiro atoms. The molecule has 98 valence electrons. The van der Waals surface area contributed by atoms with Gasteiger partial charge in [0, 0.05) is 5.56 Å². The number of methoxy groups -OCH3 is 1. The molecule has 1 aromatic carbocycles. The maximum absolute atomic E-state index is 11.5. The Morgan fingerprint density at radius 2 is 2.11 bits per heavy atom. The zero-order valence-corrected chi connectivity index (χ0v) is 11.2. The third-order valence-corrected chi connectivity index (χ3v) is 3.04. The van der Waals surface area contributed by atoms with Crippen LogP contribution in [0.15, 0.2) is 28.7 Å². The maximum Gasteiger partial charge on any atom is 0.339 e. The SMILES string of the molecule is COC(=O)c1cc(C)c(-c2ccc(C=O)o2)cc1Cl. The molecule has 4 nitrogen and oxygen atoms in total. The van der Waals surface area contributed by atoms with Gasteiger partial charge >= 0.3 is 5.97 Å². The van der Waals surface area contributed by atoms with Crippen LogP contribution in [-0.4, -0.2) is 19.4 Å². The van der Waals surface area contributed by atoms with Crippen molar-refractivity contribution in [2.24, 2.45) is 0 Å². The number of hydrogen-bond acceptors (Lipinski definition) is 4. The molecule has 1 heterocycles. The van der Waals surface area contributed by atoms with Crippen molar-refractivity contribution in [1.29, 1.82) is 0 Å². The zero-order chi connectivity index (χ0) is 14.0. The van der Waals surface area contributed by atoms with E-state index in [1.54, 1.807) is 24.3 Å². The predicted molar refractivity (Wildman–Crippen MR) is 70.6 cm³/mol. The monoisotopic (exact) mass is 278 g/mol. The summed E-state index contributed by atoms with van der Waals surface area (Å²) in [6.07, 6.45) is 0.628. The molecule has 0 unspecified atom stereocenters. The van der Waals surface area contributed by atoms with Gasteiger partial charge in [0.2, 0.25) is 0 Å². The Hall–Kier alpha value is -2.07. The summed E-state index contributed by atoms with van der Waals surface area (Å²) in [5, 5.41) is 0.275. The van der Waals surface area contributed by atoms with Gasteiger partial charge in [0.25, 0.3) is 0 Å². The molecule has 0 N–H and O–H groups in total. The first kappa shape index (κ1) is 13.4. The normalized spacial score (nSPS) is 10.3. The molecule has 1 aromatic heterocycles. The van der Waals surface area contributed by atoms with Crippen molar-refractivity contribution in [3.05, 3.63) is 46.2 Å². The predicted octanol–water partition coefficient (Wildman–Crippen LogP) is 3.51. The van der Waals surface area contributed by atoms with Crippen LogP contribution in [0.2, 0.25) is 5.02 Å². The standard InChI is InChI=1S/C14H11ClO4/c1-8-5-11(14(17)18-2)12(15)6-10(8)13-4-3-9(7-16)19-13/h3-7H,1-2H3. The molecule has 0 bridgehead atoms. The van der Waals surface area contributed by atoms with E-state index in [1.807, 2.05) is 6.92 Å². The Kier molecular flexibility index (Phi) is 3.71. The second kappa shape index (κ2) is 5.28. The van der Waals surface area contributed by atoms with E-state index < -0.39 is 5.97 Å². The molecule has 0 amide bonds. The molecular weight excluding hydrogens is 268 g/mol. The Morgan fingerprint density at radius 1 is 1.37 bits per heavy atom. The van der Waals surface area contributed by atoms with E-state index >= 15 is 0 Å². The Labute approximate surface area is 114 Å². The van der Waals surface area contributed by atoms with Crippen molar-refractivity contribution in [3.63, 3.8) is 0 Å². The zero-order valence-electron chi connectivity index (χ0n) is 10.4. The molecule has 0 radical (unpaired) electrons. The van der Waals surface area contributed by atoms with E-state index in [-0.39, 0.29) is 10.8 Å². The average molecular weight is 279 g/mol. The van der Waals surface area contributed by atoms with Crippen LogP contribution < -0.4 is 0 Å². The fraction of sp³-hybridized carbons (Fsp3) is 0.143. The quantitative estimate of drug-likeness (QED) is 0.637. The minimum absolute atomic E-state index is 0.238. The van der Waals surface area contributed by atoms with E-state index in [1.165, 1.54) is 7.11 Å². The van der Waals surface area contributed by atoms with Crippen LogP contribution in [0.5, 0.6) is 0 Å². The highest BCUT2D eigenvalue weighted by Gasteiger charge is 2.15. The lowest BCUT2D eigenvalue weighted by Crippen LogP contribution is -2.03. The van der Waals surface area contributed by atoms with Gasteiger partial charge in [-0.05, 0) is 36.8 Å². The molecule has 0 aliphatic heterocycles. The molecule has 0 aliphatic rings. The number of halogens is 1. The van der Waals surface area contributed by atoms with Gasteiger partial charge in [-0.25, -0.2) is 4.79 Å². The number of carbonyl (C=O) groups excluding carboxylic acids is 2. The van der Waals surface area contributed by atoms with Gasteiger partial charge in [-0.3, -0.25) is 4.79 Å². The molecule has 0 saturated carbocycles. The van der Waals surface area contributed by atoms with E-state index in [0.29, 0.717) is 17.6 Å². The lowest BCUT2D eigenvalue weighted by Gasteiger charge is -2.08. The van der Waals surface area contributed by atoms with Crippen LogP contribution in [0.3, 0.4) is 0 Å². The number of aryl methyl sites for hydroxylation is 1. The lowest BCUT2D eigenvalue weighted by atomic mass is 10.0. The Morgan fingerprint density at radius 3 is 2.68 bits per heavy atom. The van der Waals surface area contributed by atoms with Gasteiger partial charge in [-0.2, -0.15) is 0 Å². The van der Waals surface area contributed by atoms with Crippen LogP contribution >= 0.6 is 11.6 Å². The van der Waals surface area contributed by atoms with Crippen molar-refractivity contribution >= 4 is 23.9 Å². The summed E-state index contributed by atoms with van der Waals surface area (Å²) in [6.45, 7) is 1.82. The number of esters is 1. The smallest absolute Gasteiger partial charge is 0.339 e. The summed E-state index contributed by atoms with van der Waals surface area (Å²) in [7, 11) is 1.30. The van der Waals surface area contributed by atoms with Crippen molar-refractivity contribution in [2.75, 3.05) is 7.11 Å². The molecule has 0 saturated heterocycles. The highest BCUT2D eigenvalue weighted by molar-refractivity contribution is 6.34. The van der Waals surface area contributed by atoms with Crippen LogP contribution in [0.25, 0.3) is 11.3 Å². The van der Waals surface area contributed by atoms with E-state index in [2.05, 4.69) is 4.74 Å². The summed E-state index contributed by atoms with van der Waals surface area (Å²) in [5.41, 5.74) is 1.83. The fourth-order valence-electron chi connectivity index (χ4n) is 1.77. The molecule has 0 aliphatic carbocycles. The minimum Gasteiger partial charge on any atom is -0.465 e. The highest BCUT2D eigenvalue weighted by Crippen LogP contribution is 2.30. The summed E-state index contributed by atoms with van der Waals surface area (Å²) in [4.78, 5) is 22.1. The van der Waals surface area contributed by atoms with E-state index in [4.69, 9.17) is 16.0 Å². The summed E-state index contributed by atoms with van der Waals surface area (Å²) < 4.78 is 9.98. The van der Waals surface area contributed by atoms with Crippen molar-refractivity contribution < 1.29 is 18.7 Å². The molecule has 0 fully saturated rings. The highest BCUT2D eigenvalue weighted by atomic mass is 35.5. The first-order valence-corrected chi connectivity index (χ1v) is 5.88. The van der Waals surface area contributed by atoms with Gasteiger partial charge in [0.15, 0.2) is 12.0 Å². The average Bonchev–Trinajstić information content (AvgIpc) is 2.88. The van der Waals surface area contributed by atoms with Gasteiger partial charge in [0.1, 0.15) is 5.76 Å². The fourth-order valence-corrected chi connectivity index (χ4v) is 2.02.